The van der Waals surface area contributed by atoms with E-state index in [0.29, 0.717) is 32.6 Å². The number of thiophene rings is 1. The molecule has 4 rings (SSSR count). The van der Waals surface area contributed by atoms with Crippen molar-refractivity contribution in [1.82, 2.24) is 14.8 Å². The summed E-state index contributed by atoms with van der Waals surface area (Å²) in [5, 5.41) is 9.63. The second-order valence-corrected chi connectivity index (χ2v) is 8.28. The fraction of sp³-hybridized carbons (Fsp3) is 0.250. The molecule has 0 N–H and O–H groups in total. The first-order valence-corrected chi connectivity index (χ1v) is 10.7. The molecule has 1 aromatic carbocycles. The number of fused-ring (bicyclic) bond motifs is 1. The Balaban J connectivity index is 1.68. The quantitative estimate of drug-likeness (QED) is 0.308. The van der Waals surface area contributed by atoms with E-state index in [9.17, 15) is 9.18 Å². The Hall–Kier alpha value is -2.65. The minimum Gasteiger partial charge on any atom is -0.469 e. The molecule has 0 spiro atoms. The van der Waals surface area contributed by atoms with Gasteiger partial charge in [-0.3, -0.25) is 0 Å². The van der Waals surface area contributed by atoms with E-state index >= 15 is 0 Å². The van der Waals surface area contributed by atoms with Gasteiger partial charge in [-0.1, -0.05) is 17.8 Å². The maximum atomic E-state index is 14.6. The van der Waals surface area contributed by atoms with Crippen molar-refractivity contribution in [2.24, 2.45) is 7.05 Å². The van der Waals surface area contributed by atoms with Crippen molar-refractivity contribution in [2.45, 2.75) is 24.8 Å². The van der Waals surface area contributed by atoms with Crippen LogP contribution in [0.25, 0.3) is 21.5 Å². The molecule has 0 amide bonds. The van der Waals surface area contributed by atoms with Gasteiger partial charge < -0.3 is 13.7 Å². The molecule has 0 radical (unpaired) electrons. The summed E-state index contributed by atoms with van der Waals surface area (Å²) >= 11 is 2.64. The number of halogens is 1. The summed E-state index contributed by atoms with van der Waals surface area (Å²) < 4.78 is 27.7. The standard InChI is InChI=1S/C20H18FN3O3S2/c1-4-26-19(25)17-13(16-14(21)6-5-7-15(16)29-17)10-28-20-23-22-18(24(20)3)12-8-9-27-11(12)2/h5-9H,4,10H2,1-3H3. The first-order chi connectivity index (χ1) is 14.0. The lowest BCUT2D eigenvalue weighted by Crippen LogP contribution is -2.05. The van der Waals surface area contributed by atoms with Gasteiger partial charge in [-0.05, 0) is 37.6 Å². The van der Waals surface area contributed by atoms with Gasteiger partial charge in [0.15, 0.2) is 11.0 Å². The highest BCUT2D eigenvalue weighted by Crippen LogP contribution is 2.37. The molecule has 0 atom stereocenters. The molecule has 0 aliphatic carbocycles. The lowest BCUT2D eigenvalue weighted by molar-refractivity contribution is 0.0531. The van der Waals surface area contributed by atoms with Crippen molar-refractivity contribution in [3.63, 3.8) is 0 Å². The van der Waals surface area contributed by atoms with Crippen LogP contribution in [-0.4, -0.2) is 27.3 Å². The molecule has 3 heterocycles. The van der Waals surface area contributed by atoms with Crippen molar-refractivity contribution in [3.8, 4) is 11.4 Å². The number of thioether (sulfide) groups is 1. The monoisotopic (exact) mass is 431 g/mol. The average Bonchev–Trinajstić information content (AvgIpc) is 3.38. The van der Waals surface area contributed by atoms with Crippen LogP contribution in [-0.2, 0) is 17.5 Å². The number of rotatable bonds is 6. The van der Waals surface area contributed by atoms with Crippen LogP contribution in [0.5, 0.6) is 0 Å². The van der Waals surface area contributed by atoms with Crippen molar-refractivity contribution in [2.75, 3.05) is 6.61 Å². The normalized spacial score (nSPS) is 11.3. The number of carbonyl (C=O) groups excluding carboxylic acids is 1. The summed E-state index contributed by atoms with van der Waals surface area (Å²) in [6.07, 6.45) is 1.61. The number of nitrogens with zero attached hydrogens (tertiary/aromatic N) is 3. The minimum atomic E-state index is -0.434. The third-order valence-electron chi connectivity index (χ3n) is 4.50. The molecular formula is C20H18FN3O3S2. The molecule has 0 aliphatic heterocycles. The fourth-order valence-electron chi connectivity index (χ4n) is 3.10. The van der Waals surface area contributed by atoms with Crippen LogP contribution in [0.2, 0.25) is 0 Å². The zero-order valence-corrected chi connectivity index (χ0v) is 17.7. The Kier molecular flexibility index (Phi) is 5.42. The molecule has 0 aliphatic rings. The first kappa shape index (κ1) is 19.7. The summed E-state index contributed by atoms with van der Waals surface area (Å²) in [5.41, 5.74) is 1.49. The summed E-state index contributed by atoms with van der Waals surface area (Å²) in [4.78, 5) is 12.9. The van der Waals surface area contributed by atoms with E-state index in [0.717, 1.165) is 16.0 Å². The van der Waals surface area contributed by atoms with Crippen LogP contribution < -0.4 is 0 Å². The Morgan fingerprint density at radius 2 is 2.17 bits per heavy atom. The number of aryl methyl sites for hydroxylation is 1. The molecule has 9 heteroatoms. The number of aromatic nitrogens is 3. The lowest BCUT2D eigenvalue weighted by Gasteiger charge is -2.06. The van der Waals surface area contributed by atoms with Gasteiger partial charge in [0.05, 0.1) is 18.4 Å². The molecule has 29 heavy (non-hydrogen) atoms. The molecule has 0 unspecified atom stereocenters. The van der Waals surface area contributed by atoms with Crippen molar-refractivity contribution in [1.29, 1.82) is 0 Å². The largest absolute Gasteiger partial charge is 0.469 e. The zero-order chi connectivity index (χ0) is 20.5. The highest BCUT2D eigenvalue weighted by molar-refractivity contribution is 7.98. The summed E-state index contributed by atoms with van der Waals surface area (Å²) in [5.74, 6) is 1.03. The number of ether oxygens (including phenoxy) is 1. The van der Waals surface area contributed by atoms with Gasteiger partial charge >= 0.3 is 5.97 Å². The van der Waals surface area contributed by atoms with E-state index in [1.54, 1.807) is 19.3 Å². The highest BCUT2D eigenvalue weighted by Gasteiger charge is 2.23. The third-order valence-corrected chi connectivity index (χ3v) is 6.73. The number of benzene rings is 1. The maximum Gasteiger partial charge on any atom is 0.348 e. The van der Waals surface area contributed by atoms with Crippen LogP contribution in [0.1, 0.15) is 27.9 Å². The van der Waals surface area contributed by atoms with E-state index in [-0.39, 0.29) is 12.4 Å². The average molecular weight is 432 g/mol. The molecule has 0 bridgehead atoms. The lowest BCUT2D eigenvalue weighted by atomic mass is 10.1. The molecule has 3 aromatic heterocycles. The van der Waals surface area contributed by atoms with Gasteiger partial charge in [0.1, 0.15) is 16.5 Å². The number of hydrogen-bond acceptors (Lipinski definition) is 7. The Labute approximate surface area is 174 Å². The van der Waals surface area contributed by atoms with Gasteiger partial charge in [0, 0.05) is 22.9 Å². The molecule has 0 saturated heterocycles. The van der Waals surface area contributed by atoms with E-state index in [1.165, 1.54) is 29.2 Å². The molecule has 0 fully saturated rings. The molecule has 150 valence electrons. The van der Waals surface area contributed by atoms with Crippen LogP contribution in [0.4, 0.5) is 4.39 Å². The van der Waals surface area contributed by atoms with Gasteiger partial charge in [-0.2, -0.15) is 0 Å². The van der Waals surface area contributed by atoms with Gasteiger partial charge in [0.25, 0.3) is 0 Å². The van der Waals surface area contributed by atoms with E-state index in [1.807, 2.05) is 30.7 Å². The van der Waals surface area contributed by atoms with E-state index in [4.69, 9.17) is 9.15 Å². The Morgan fingerprint density at radius 1 is 1.34 bits per heavy atom. The fourth-order valence-corrected chi connectivity index (χ4v) is 5.26. The van der Waals surface area contributed by atoms with Crippen LogP contribution in [0.3, 0.4) is 0 Å². The Bertz CT molecular complexity index is 1200. The molecule has 6 nitrogen and oxygen atoms in total. The highest BCUT2D eigenvalue weighted by atomic mass is 32.2. The summed E-state index contributed by atoms with van der Waals surface area (Å²) in [7, 11) is 1.86. The van der Waals surface area contributed by atoms with E-state index in [2.05, 4.69) is 10.2 Å². The number of esters is 1. The van der Waals surface area contributed by atoms with Crippen LogP contribution >= 0.6 is 23.1 Å². The van der Waals surface area contributed by atoms with Gasteiger partial charge in [0.2, 0.25) is 0 Å². The topological polar surface area (TPSA) is 70.2 Å². The minimum absolute atomic E-state index is 0.263. The maximum absolute atomic E-state index is 14.6. The van der Waals surface area contributed by atoms with Crippen LogP contribution in [0, 0.1) is 12.7 Å². The SMILES string of the molecule is CCOC(=O)c1sc2cccc(F)c2c1CSc1nnc(-c2ccoc2C)n1C. The van der Waals surface area contributed by atoms with Gasteiger partial charge in [-0.15, -0.1) is 21.5 Å². The van der Waals surface area contributed by atoms with Crippen molar-refractivity contribution >= 4 is 39.2 Å². The van der Waals surface area contributed by atoms with E-state index < -0.39 is 5.97 Å². The molecule has 4 aromatic rings. The van der Waals surface area contributed by atoms with Crippen molar-refractivity contribution in [3.05, 3.63) is 52.5 Å². The second kappa shape index (κ2) is 8.00. The Morgan fingerprint density at radius 3 is 2.90 bits per heavy atom. The second-order valence-electron chi connectivity index (χ2n) is 6.29. The smallest absolute Gasteiger partial charge is 0.348 e. The third kappa shape index (κ3) is 3.56. The predicted octanol–water partition coefficient (Wildman–Crippen LogP) is 5.21. The summed E-state index contributed by atoms with van der Waals surface area (Å²) in [6.45, 7) is 3.88. The molecular weight excluding hydrogens is 413 g/mol. The van der Waals surface area contributed by atoms with Gasteiger partial charge in [-0.25, -0.2) is 9.18 Å². The number of hydrogen-bond donors (Lipinski definition) is 0. The number of carbonyl (C=O) groups is 1. The molecule has 0 saturated carbocycles. The zero-order valence-electron chi connectivity index (χ0n) is 16.1. The van der Waals surface area contributed by atoms with Crippen LogP contribution in [0.15, 0.2) is 40.1 Å². The first-order valence-electron chi connectivity index (χ1n) is 8.95. The number of furan rings is 1. The predicted molar refractivity (Wildman–Crippen MR) is 111 cm³/mol. The van der Waals surface area contributed by atoms with Crippen molar-refractivity contribution < 1.29 is 18.3 Å². The summed E-state index contributed by atoms with van der Waals surface area (Å²) in [6, 6.07) is 6.69.